The summed E-state index contributed by atoms with van der Waals surface area (Å²) in [5.74, 6) is 0.551. The van der Waals surface area contributed by atoms with Crippen LogP contribution in [0.25, 0.3) is 0 Å². The first kappa shape index (κ1) is 16.0. The second-order valence-electron chi connectivity index (χ2n) is 4.03. The summed E-state index contributed by atoms with van der Waals surface area (Å²) in [7, 11) is -2.26. The summed E-state index contributed by atoms with van der Waals surface area (Å²) in [6.07, 6.45) is 1.07. The van der Waals surface area contributed by atoms with Crippen LogP contribution in [0.4, 0.5) is 0 Å². The van der Waals surface area contributed by atoms with Crippen LogP contribution in [0.1, 0.15) is 19.3 Å². The van der Waals surface area contributed by atoms with Crippen molar-refractivity contribution in [2.45, 2.75) is 30.2 Å². The van der Waals surface area contributed by atoms with Crippen LogP contribution < -0.4 is 9.46 Å². The van der Waals surface area contributed by atoms with Crippen LogP contribution >= 0.6 is 0 Å². The summed E-state index contributed by atoms with van der Waals surface area (Å²) >= 11 is 0. The average Bonchev–Trinajstić information content (AvgIpc) is 2.46. The molecule has 0 bridgehead atoms. The fourth-order valence-corrected chi connectivity index (χ4v) is 2.72. The Balaban J connectivity index is 2.77. The maximum Gasteiger partial charge on any atom is 0.241 e. The van der Waals surface area contributed by atoms with Crippen molar-refractivity contribution in [3.8, 4) is 17.9 Å². The largest absolute Gasteiger partial charge is 0.497 e. The summed E-state index contributed by atoms with van der Waals surface area (Å²) in [5.41, 5.74) is 0. The minimum Gasteiger partial charge on any atom is -0.497 e. The normalized spacial score (nSPS) is 12.2. The molecular weight excluding hydrogens is 278 g/mol. The number of nitriles is 2. The highest BCUT2D eigenvalue weighted by atomic mass is 32.2. The fraction of sp³-hybridized carbons (Fsp3) is 0.385. The Morgan fingerprint density at radius 1 is 1.30 bits per heavy atom. The lowest BCUT2D eigenvalue weighted by Gasteiger charge is -2.11. The molecule has 106 valence electrons. The van der Waals surface area contributed by atoms with Gasteiger partial charge in [0.2, 0.25) is 10.0 Å². The van der Waals surface area contributed by atoms with E-state index in [0.29, 0.717) is 25.0 Å². The molecular formula is C13H15N3O3S. The molecule has 1 aromatic carbocycles. The van der Waals surface area contributed by atoms with E-state index in [9.17, 15) is 8.42 Å². The highest BCUT2D eigenvalue weighted by Gasteiger charge is 2.19. The third kappa shape index (κ3) is 4.54. The first-order valence-electron chi connectivity index (χ1n) is 5.96. The molecule has 0 saturated carbocycles. The van der Waals surface area contributed by atoms with E-state index in [-0.39, 0.29) is 4.90 Å². The zero-order valence-electron chi connectivity index (χ0n) is 11.0. The van der Waals surface area contributed by atoms with Gasteiger partial charge >= 0.3 is 0 Å². The molecule has 6 nitrogen and oxygen atoms in total. The molecule has 1 atom stereocenters. The minimum atomic E-state index is -3.74. The SMILES string of the molecule is COc1ccc(S(=O)(=O)NC(C#N)CCCC#N)cc1. The van der Waals surface area contributed by atoms with E-state index < -0.39 is 16.1 Å². The van der Waals surface area contributed by atoms with Gasteiger partial charge in [-0.1, -0.05) is 0 Å². The quantitative estimate of drug-likeness (QED) is 0.768. The third-order valence-corrected chi connectivity index (χ3v) is 4.09. The number of ether oxygens (including phenoxy) is 1. The molecule has 0 aliphatic carbocycles. The zero-order valence-corrected chi connectivity index (χ0v) is 11.9. The maximum absolute atomic E-state index is 12.1. The van der Waals surface area contributed by atoms with Gasteiger partial charge in [0.1, 0.15) is 11.8 Å². The molecule has 1 aromatic rings. The highest BCUT2D eigenvalue weighted by Crippen LogP contribution is 2.16. The van der Waals surface area contributed by atoms with Crippen molar-refractivity contribution in [1.82, 2.24) is 4.72 Å². The molecule has 0 amide bonds. The number of nitrogens with zero attached hydrogens (tertiary/aromatic N) is 2. The van der Waals surface area contributed by atoms with Gasteiger partial charge in [0.25, 0.3) is 0 Å². The first-order valence-corrected chi connectivity index (χ1v) is 7.44. The van der Waals surface area contributed by atoms with E-state index in [1.165, 1.54) is 31.4 Å². The summed E-state index contributed by atoms with van der Waals surface area (Å²) in [6.45, 7) is 0. The molecule has 1 N–H and O–H groups in total. The van der Waals surface area contributed by atoms with Crippen molar-refractivity contribution >= 4 is 10.0 Å². The van der Waals surface area contributed by atoms with E-state index in [2.05, 4.69) is 4.72 Å². The Kier molecular flexibility index (Phi) is 5.98. The average molecular weight is 293 g/mol. The number of hydrogen-bond donors (Lipinski definition) is 1. The van der Waals surface area contributed by atoms with Crippen molar-refractivity contribution in [3.05, 3.63) is 24.3 Å². The number of sulfonamides is 1. The van der Waals surface area contributed by atoms with Crippen LogP contribution in [0.5, 0.6) is 5.75 Å². The van der Waals surface area contributed by atoms with Gasteiger partial charge < -0.3 is 4.74 Å². The topological polar surface area (TPSA) is 103 Å². The fourth-order valence-electron chi connectivity index (χ4n) is 1.55. The van der Waals surface area contributed by atoms with Crippen LogP contribution in [0, 0.1) is 22.7 Å². The van der Waals surface area contributed by atoms with Crippen LogP contribution in [0.15, 0.2) is 29.2 Å². The smallest absolute Gasteiger partial charge is 0.241 e. The molecule has 0 spiro atoms. The van der Waals surface area contributed by atoms with Crippen molar-refractivity contribution in [2.75, 3.05) is 7.11 Å². The lowest BCUT2D eigenvalue weighted by Crippen LogP contribution is -2.33. The second kappa shape index (κ2) is 7.49. The van der Waals surface area contributed by atoms with Gasteiger partial charge in [-0.3, -0.25) is 0 Å². The molecule has 1 unspecified atom stereocenters. The maximum atomic E-state index is 12.1. The summed E-state index contributed by atoms with van der Waals surface area (Å²) in [4.78, 5) is 0.0684. The van der Waals surface area contributed by atoms with Gasteiger partial charge in [0.05, 0.1) is 24.1 Å². The van der Waals surface area contributed by atoms with E-state index >= 15 is 0 Å². The van der Waals surface area contributed by atoms with Crippen molar-refractivity contribution in [1.29, 1.82) is 10.5 Å². The van der Waals surface area contributed by atoms with Crippen LogP contribution in [0.3, 0.4) is 0 Å². The van der Waals surface area contributed by atoms with Gasteiger partial charge in [-0.2, -0.15) is 15.2 Å². The third-order valence-electron chi connectivity index (χ3n) is 2.60. The molecule has 0 heterocycles. The number of methoxy groups -OCH3 is 1. The molecule has 0 saturated heterocycles. The molecule has 7 heteroatoms. The number of nitrogens with one attached hydrogen (secondary N) is 1. The highest BCUT2D eigenvalue weighted by molar-refractivity contribution is 7.89. The monoisotopic (exact) mass is 293 g/mol. The Morgan fingerprint density at radius 2 is 1.95 bits per heavy atom. The number of hydrogen-bond acceptors (Lipinski definition) is 5. The van der Waals surface area contributed by atoms with E-state index in [0.717, 1.165) is 0 Å². The van der Waals surface area contributed by atoms with E-state index in [4.69, 9.17) is 15.3 Å². The molecule has 0 aromatic heterocycles. The van der Waals surface area contributed by atoms with Crippen molar-refractivity contribution < 1.29 is 13.2 Å². The predicted molar refractivity (Wildman–Crippen MR) is 72.2 cm³/mol. The van der Waals surface area contributed by atoms with Crippen LogP contribution in [0.2, 0.25) is 0 Å². The Morgan fingerprint density at radius 3 is 2.45 bits per heavy atom. The molecule has 0 fully saturated rings. The lowest BCUT2D eigenvalue weighted by atomic mass is 10.1. The summed E-state index contributed by atoms with van der Waals surface area (Å²) < 4.78 is 31.4. The van der Waals surface area contributed by atoms with Gasteiger partial charge in [0.15, 0.2) is 0 Å². The van der Waals surface area contributed by atoms with Crippen LogP contribution in [-0.4, -0.2) is 21.6 Å². The van der Waals surface area contributed by atoms with Gasteiger partial charge in [-0.15, -0.1) is 0 Å². The molecule has 0 radical (unpaired) electrons. The van der Waals surface area contributed by atoms with Gasteiger partial charge in [-0.05, 0) is 37.1 Å². The Hall–Kier alpha value is -2.09. The Labute approximate surface area is 118 Å². The van der Waals surface area contributed by atoms with Crippen molar-refractivity contribution in [3.63, 3.8) is 0 Å². The number of benzene rings is 1. The molecule has 0 aliphatic heterocycles. The zero-order chi connectivity index (χ0) is 15.0. The van der Waals surface area contributed by atoms with E-state index in [1.807, 2.05) is 12.1 Å². The predicted octanol–water partition coefficient (Wildman–Crippen LogP) is 1.56. The number of rotatable bonds is 7. The summed E-state index contributed by atoms with van der Waals surface area (Å²) in [6, 6.07) is 8.88. The number of unbranched alkanes of at least 4 members (excludes halogenated alkanes) is 1. The van der Waals surface area contributed by atoms with E-state index in [1.54, 1.807) is 0 Å². The Bertz CT molecular complexity index is 612. The van der Waals surface area contributed by atoms with Gasteiger partial charge in [-0.25, -0.2) is 8.42 Å². The van der Waals surface area contributed by atoms with Gasteiger partial charge in [0, 0.05) is 6.42 Å². The minimum absolute atomic E-state index is 0.0684. The first-order chi connectivity index (χ1) is 9.53. The molecule has 1 rings (SSSR count). The standard InChI is InChI=1S/C13H15N3O3S/c1-19-12-5-7-13(8-6-12)20(17,18)16-11(10-15)4-2-3-9-14/h5-8,11,16H,2-4H2,1H3. The molecule has 0 aliphatic rings. The second-order valence-corrected chi connectivity index (χ2v) is 5.74. The molecule has 20 heavy (non-hydrogen) atoms. The van der Waals surface area contributed by atoms with Crippen molar-refractivity contribution in [2.24, 2.45) is 0 Å². The lowest BCUT2D eigenvalue weighted by molar-refractivity contribution is 0.414. The van der Waals surface area contributed by atoms with Crippen LogP contribution in [-0.2, 0) is 10.0 Å². The summed E-state index contributed by atoms with van der Waals surface area (Å²) in [5, 5.41) is 17.4.